The first-order valence-corrected chi connectivity index (χ1v) is 6.81. The average molecular weight is 226 g/mol. The lowest BCUT2D eigenvalue weighted by molar-refractivity contribution is -0.0694. The highest BCUT2D eigenvalue weighted by molar-refractivity contribution is 4.86. The number of hydrogen-bond donors (Lipinski definition) is 1. The van der Waals surface area contributed by atoms with Crippen molar-refractivity contribution < 1.29 is 4.74 Å². The molecule has 0 aromatic rings. The van der Waals surface area contributed by atoms with Gasteiger partial charge in [-0.05, 0) is 33.1 Å². The van der Waals surface area contributed by atoms with E-state index in [-0.39, 0.29) is 0 Å². The highest BCUT2D eigenvalue weighted by Crippen LogP contribution is 2.20. The van der Waals surface area contributed by atoms with Gasteiger partial charge in [0.15, 0.2) is 0 Å². The van der Waals surface area contributed by atoms with Gasteiger partial charge in [0, 0.05) is 31.2 Å². The highest BCUT2D eigenvalue weighted by atomic mass is 16.5. The molecule has 1 heterocycles. The maximum Gasteiger partial charge on any atom is 0.0674 e. The van der Waals surface area contributed by atoms with E-state index in [4.69, 9.17) is 4.74 Å². The van der Waals surface area contributed by atoms with Gasteiger partial charge < -0.3 is 10.1 Å². The molecule has 1 saturated carbocycles. The van der Waals surface area contributed by atoms with Crippen LogP contribution < -0.4 is 5.32 Å². The maximum atomic E-state index is 5.74. The highest BCUT2D eigenvalue weighted by Gasteiger charge is 2.30. The van der Waals surface area contributed by atoms with Crippen molar-refractivity contribution in [1.82, 2.24) is 10.2 Å². The molecule has 0 radical (unpaired) electrons. The summed E-state index contributed by atoms with van der Waals surface area (Å²) in [5, 5.41) is 3.63. The van der Waals surface area contributed by atoms with E-state index in [0.29, 0.717) is 18.2 Å². The van der Waals surface area contributed by atoms with Crippen LogP contribution in [0.1, 0.15) is 40.0 Å². The van der Waals surface area contributed by atoms with Crippen molar-refractivity contribution in [2.75, 3.05) is 19.7 Å². The summed E-state index contributed by atoms with van der Waals surface area (Å²) in [5.74, 6) is 0. The van der Waals surface area contributed by atoms with Crippen LogP contribution in [0.25, 0.3) is 0 Å². The SMILES string of the molecule is CCC1COC(C)CN1C(C)CNC1CC1. The van der Waals surface area contributed by atoms with Crippen molar-refractivity contribution in [3.63, 3.8) is 0 Å². The monoisotopic (exact) mass is 226 g/mol. The van der Waals surface area contributed by atoms with Crippen LogP contribution in [-0.2, 0) is 4.74 Å². The van der Waals surface area contributed by atoms with Gasteiger partial charge in [0.1, 0.15) is 0 Å². The number of ether oxygens (including phenoxy) is 1. The first-order chi connectivity index (χ1) is 7.70. The molecule has 0 spiro atoms. The zero-order valence-electron chi connectivity index (χ0n) is 10.9. The predicted octanol–water partition coefficient (Wildman–Crippen LogP) is 1.63. The molecule has 2 rings (SSSR count). The molecule has 1 N–H and O–H groups in total. The lowest BCUT2D eigenvalue weighted by Crippen LogP contribution is -2.54. The van der Waals surface area contributed by atoms with Crippen LogP contribution in [-0.4, -0.2) is 48.8 Å². The Balaban J connectivity index is 1.81. The Labute approximate surface area is 99.5 Å². The average Bonchev–Trinajstić information content (AvgIpc) is 3.09. The van der Waals surface area contributed by atoms with Gasteiger partial charge in [0.25, 0.3) is 0 Å². The molecule has 2 aliphatic rings. The Kier molecular flexibility index (Phi) is 4.22. The third-order valence-corrected chi connectivity index (χ3v) is 3.83. The van der Waals surface area contributed by atoms with Gasteiger partial charge in [0.05, 0.1) is 12.7 Å². The molecule has 1 aliphatic heterocycles. The molecule has 2 fully saturated rings. The van der Waals surface area contributed by atoms with E-state index < -0.39 is 0 Å². The van der Waals surface area contributed by atoms with Crippen molar-refractivity contribution in [2.24, 2.45) is 0 Å². The van der Waals surface area contributed by atoms with Crippen LogP contribution in [0.2, 0.25) is 0 Å². The van der Waals surface area contributed by atoms with Gasteiger partial charge >= 0.3 is 0 Å². The van der Waals surface area contributed by atoms with Crippen molar-refractivity contribution in [3.05, 3.63) is 0 Å². The zero-order valence-corrected chi connectivity index (χ0v) is 10.9. The van der Waals surface area contributed by atoms with Crippen LogP contribution in [0.5, 0.6) is 0 Å². The van der Waals surface area contributed by atoms with E-state index in [1.165, 1.54) is 19.3 Å². The van der Waals surface area contributed by atoms with Gasteiger partial charge in [-0.1, -0.05) is 6.92 Å². The van der Waals surface area contributed by atoms with Gasteiger partial charge in [-0.15, -0.1) is 0 Å². The number of rotatable bonds is 5. The number of nitrogens with one attached hydrogen (secondary N) is 1. The number of morpholine rings is 1. The molecule has 1 aliphatic carbocycles. The number of nitrogens with zero attached hydrogens (tertiary/aromatic N) is 1. The third-order valence-electron chi connectivity index (χ3n) is 3.83. The minimum atomic E-state index is 0.395. The molecule has 3 unspecified atom stereocenters. The van der Waals surface area contributed by atoms with Gasteiger partial charge in [0.2, 0.25) is 0 Å². The topological polar surface area (TPSA) is 24.5 Å². The molecule has 0 aromatic heterocycles. The van der Waals surface area contributed by atoms with E-state index in [0.717, 1.165) is 25.7 Å². The summed E-state index contributed by atoms with van der Waals surface area (Å²) in [6.07, 6.45) is 4.35. The van der Waals surface area contributed by atoms with Gasteiger partial charge in [-0.2, -0.15) is 0 Å². The van der Waals surface area contributed by atoms with Crippen molar-refractivity contribution in [3.8, 4) is 0 Å². The second kappa shape index (κ2) is 5.48. The number of hydrogen-bond acceptors (Lipinski definition) is 3. The fourth-order valence-corrected chi connectivity index (χ4v) is 2.50. The first-order valence-electron chi connectivity index (χ1n) is 6.81. The lowest BCUT2D eigenvalue weighted by atomic mass is 10.1. The van der Waals surface area contributed by atoms with Crippen LogP contribution in [0.3, 0.4) is 0 Å². The van der Waals surface area contributed by atoms with E-state index in [2.05, 4.69) is 31.0 Å². The zero-order chi connectivity index (χ0) is 11.5. The molecule has 0 amide bonds. The Morgan fingerprint density at radius 3 is 2.81 bits per heavy atom. The molecule has 94 valence electrons. The molecule has 3 atom stereocenters. The lowest BCUT2D eigenvalue weighted by Gasteiger charge is -2.42. The normalized spacial score (nSPS) is 33.9. The molecule has 1 saturated heterocycles. The van der Waals surface area contributed by atoms with E-state index in [1.54, 1.807) is 0 Å². The smallest absolute Gasteiger partial charge is 0.0674 e. The minimum absolute atomic E-state index is 0.395. The second-order valence-electron chi connectivity index (χ2n) is 5.43. The molecule has 0 aromatic carbocycles. The molecular weight excluding hydrogens is 200 g/mol. The van der Waals surface area contributed by atoms with Gasteiger partial charge in [-0.3, -0.25) is 4.90 Å². The van der Waals surface area contributed by atoms with Crippen molar-refractivity contribution >= 4 is 0 Å². The summed E-state index contributed by atoms with van der Waals surface area (Å²) in [5.41, 5.74) is 0. The standard InChI is InChI=1S/C13H26N2O/c1-4-13-9-16-11(3)8-15(13)10(2)7-14-12-5-6-12/h10-14H,4-9H2,1-3H3. The van der Waals surface area contributed by atoms with Gasteiger partial charge in [-0.25, -0.2) is 0 Å². The molecule has 16 heavy (non-hydrogen) atoms. The summed E-state index contributed by atoms with van der Waals surface area (Å²) in [6, 6.07) is 2.07. The quantitative estimate of drug-likeness (QED) is 0.771. The second-order valence-corrected chi connectivity index (χ2v) is 5.43. The van der Waals surface area contributed by atoms with Crippen LogP contribution in [0.15, 0.2) is 0 Å². The molecule has 0 bridgehead atoms. The fourth-order valence-electron chi connectivity index (χ4n) is 2.50. The largest absolute Gasteiger partial charge is 0.376 e. The summed E-state index contributed by atoms with van der Waals surface area (Å²) in [7, 11) is 0. The molecular formula is C13H26N2O. The Hall–Kier alpha value is -0.120. The van der Waals surface area contributed by atoms with Crippen LogP contribution in [0, 0.1) is 0 Å². The Bertz CT molecular complexity index is 218. The van der Waals surface area contributed by atoms with E-state index in [9.17, 15) is 0 Å². The molecule has 3 nitrogen and oxygen atoms in total. The predicted molar refractivity (Wildman–Crippen MR) is 66.7 cm³/mol. The fraction of sp³-hybridized carbons (Fsp3) is 1.00. The van der Waals surface area contributed by atoms with E-state index >= 15 is 0 Å². The van der Waals surface area contributed by atoms with Crippen LogP contribution in [0.4, 0.5) is 0 Å². The van der Waals surface area contributed by atoms with Crippen molar-refractivity contribution in [1.29, 1.82) is 0 Å². The molecule has 3 heteroatoms. The summed E-state index contributed by atoms with van der Waals surface area (Å²) < 4.78 is 5.74. The Morgan fingerprint density at radius 2 is 2.19 bits per heavy atom. The van der Waals surface area contributed by atoms with Crippen molar-refractivity contribution in [2.45, 2.75) is 64.3 Å². The van der Waals surface area contributed by atoms with E-state index in [1.807, 2.05) is 0 Å². The third kappa shape index (κ3) is 3.19. The summed E-state index contributed by atoms with van der Waals surface area (Å²) >= 11 is 0. The Morgan fingerprint density at radius 1 is 1.44 bits per heavy atom. The summed E-state index contributed by atoms with van der Waals surface area (Å²) in [6.45, 7) is 9.92. The minimum Gasteiger partial charge on any atom is -0.376 e. The first kappa shape index (κ1) is 12.3. The summed E-state index contributed by atoms with van der Waals surface area (Å²) in [4.78, 5) is 2.63. The maximum absolute atomic E-state index is 5.74. The van der Waals surface area contributed by atoms with Crippen LogP contribution >= 0.6 is 0 Å².